The molecule has 0 aromatic heterocycles. The Bertz CT molecular complexity index is 252. The predicted molar refractivity (Wildman–Crippen MR) is 58.8 cm³/mol. The zero-order valence-electron chi connectivity index (χ0n) is 9.24. The summed E-state index contributed by atoms with van der Waals surface area (Å²) in [6.07, 6.45) is 1.81. The zero-order valence-corrected chi connectivity index (χ0v) is 9.24. The van der Waals surface area contributed by atoms with Crippen molar-refractivity contribution in [2.75, 3.05) is 19.6 Å². The fourth-order valence-electron chi connectivity index (χ4n) is 1.71. The van der Waals surface area contributed by atoms with Crippen LogP contribution in [0.15, 0.2) is 0 Å². The molecule has 1 aliphatic heterocycles. The number of nitrogens with one attached hydrogen (secondary N) is 2. The van der Waals surface area contributed by atoms with Crippen LogP contribution in [0.1, 0.15) is 19.3 Å². The molecule has 0 aromatic rings. The second-order valence-corrected chi connectivity index (χ2v) is 4.15. The van der Waals surface area contributed by atoms with Crippen LogP contribution in [0.5, 0.6) is 0 Å². The lowest BCUT2D eigenvalue weighted by molar-refractivity contribution is -0.138. The Morgan fingerprint density at radius 2 is 2.31 bits per heavy atom. The molecule has 1 heterocycles. The fraction of sp³-hybridized carbons (Fsp3) is 0.800. The third kappa shape index (κ3) is 4.59. The van der Waals surface area contributed by atoms with Crippen molar-refractivity contribution in [2.24, 2.45) is 11.7 Å². The summed E-state index contributed by atoms with van der Waals surface area (Å²) < 4.78 is 0. The Morgan fingerprint density at radius 3 is 2.88 bits per heavy atom. The van der Waals surface area contributed by atoms with Gasteiger partial charge >= 0.3 is 5.97 Å². The quantitative estimate of drug-likeness (QED) is 0.463. The molecule has 1 fully saturated rings. The minimum absolute atomic E-state index is 0.0220. The van der Waals surface area contributed by atoms with E-state index in [9.17, 15) is 9.59 Å². The molecule has 0 aliphatic carbocycles. The van der Waals surface area contributed by atoms with E-state index in [-0.39, 0.29) is 12.3 Å². The van der Waals surface area contributed by atoms with E-state index in [1.807, 2.05) is 0 Å². The van der Waals surface area contributed by atoms with Gasteiger partial charge in [-0.3, -0.25) is 9.59 Å². The molecule has 0 saturated carbocycles. The van der Waals surface area contributed by atoms with Crippen LogP contribution in [0.2, 0.25) is 0 Å². The molecule has 0 spiro atoms. The van der Waals surface area contributed by atoms with Gasteiger partial charge in [0.2, 0.25) is 5.91 Å². The lowest BCUT2D eigenvalue weighted by Gasteiger charge is -2.10. The molecule has 1 amide bonds. The second kappa shape index (κ2) is 6.44. The van der Waals surface area contributed by atoms with Gasteiger partial charge in [0.25, 0.3) is 0 Å². The summed E-state index contributed by atoms with van der Waals surface area (Å²) in [7, 11) is 0. The highest BCUT2D eigenvalue weighted by Gasteiger charge is 2.18. The van der Waals surface area contributed by atoms with Gasteiger partial charge in [-0.15, -0.1) is 0 Å². The largest absolute Gasteiger partial charge is 0.480 e. The first-order valence-corrected chi connectivity index (χ1v) is 5.55. The van der Waals surface area contributed by atoms with E-state index in [4.69, 9.17) is 10.8 Å². The van der Waals surface area contributed by atoms with Crippen LogP contribution in [-0.4, -0.2) is 42.7 Å². The number of carboxylic acids is 1. The van der Waals surface area contributed by atoms with Gasteiger partial charge in [0.1, 0.15) is 6.04 Å². The van der Waals surface area contributed by atoms with E-state index in [2.05, 4.69) is 10.6 Å². The van der Waals surface area contributed by atoms with Gasteiger partial charge in [-0.05, 0) is 31.8 Å². The number of carbonyl (C=O) groups excluding carboxylic acids is 1. The van der Waals surface area contributed by atoms with Crippen molar-refractivity contribution in [3.05, 3.63) is 0 Å². The minimum Gasteiger partial charge on any atom is -0.480 e. The van der Waals surface area contributed by atoms with Gasteiger partial charge in [-0.1, -0.05) is 0 Å². The number of carbonyl (C=O) groups is 2. The topological polar surface area (TPSA) is 104 Å². The van der Waals surface area contributed by atoms with Crippen molar-refractivity contribution in [1.82, 2.24) is 10.6 Å². The van der Waals surface area contributed by atoms with Crippen molar-refractivity contribution in [1.29, 1.82) is 0 Å². The number of hydrogen-bond acceptors (Lipinski definition) is 4. The van der Waals surface area contributed by atoms with Crippen LogP contribution >= 0.6 is 0 Å². The van der Waals surface area contributed by atoms with Gasteiger partial charge in [0, 0.05) is 13.0 Å². The monoisotopic (exact) mass is 229 g/mol. The van der Waals surface area contributed by atoms with E-state index < -0.39 is 12.0 Å². The maximum atomic E-state index is 11.4. The lowest BCUT2D eigenvalue weighted by atomic mass is 10.0. The summed E-state index contributed by atoms with van der Waals surface area (Å²) in [5.41, 5.74) is 5.31. The molecule has 0 radical (unpaired) electrons. The average molecular weight is 229 g/mol. The van der Waals surface area contributed by atoms with E-state index in [0.717, 1.165) is 19.5 Å². The number of carboxylic acid groups (broad SMARTS) is 1. The van der Waals surface area contributed by atoms with Crippen LogP contribution < -0.4 is 16.4 Å². The van der Waals surface area contributed by atoms with Crippen LogP contribution in [-0.2, 0) is 9.59 Å². The van der Waals surface area contributed by atoms with E-state index in [1.165, 1.54) is 0 Å². The summed E-state index contributed by atoms with van der Waals surface area (Å²) in [6, 6.07) is -0.895. The Kier molecular flexibility index (Phi) is 5.21. The molecule has 5 N–H and O–H groups in total. The molecule has 1 saturated heterocycles. The highest BCUT2D eigenvalue weighted by Crippen LogP contribution is 2.11. The lowest BCUT2D eigenvalue weighted by Crippen LogP contribution is -2.35. The normalized spacial score (nSPS) is 21.7. The first-order valence-electron chi connectivity index (χ1n) is 5.55. The van der Waals surface area contributed by atoms with Crippen molar-refractivity contribution in [3.63, 3.8) is 0 Å². The molecule has 92 valence electrons. The molecule has 1 rings (SSSR count). The van der Waals surface area contributed by atoms with Gasteiger partial charge < -0.3 is 21.5 Å². The first kappa shape index (κ1) is 12.9. The van der Waals surface area contributed by atoms with Crippen LogP contribution in [0.4, 0.5) is 0 Å². The van der Waals surface area contributed by atoms with Crippen molar-refractivity contribution >= 4 is 11.9 Å². The summed E-state index contributed by atoms with van der Waals surface area (Å²) in [5.74, 6) is -0.645. The van der Waals surface area contributed by atoms with Gasteiger partial charge in [-0.2, -0.15) is 0 Å². The molecular formula is C10H19N3O3. The maximum absolute atomic E-state index is 11.4. The fourth-order valence-corrected chi connectivity index (χ4v) is 1.71. The number of rotatable bonds is 6. The number of hydrogen-bond donors (Lipinski definition) is 4. The molecule has 2 atom stereocenters. The van der Waals surface area contributed by atoms with Crippen LogP contribution in [0.25, 0.3) is 0 Å². The Hall–Kier alpha value is -1.14. The Labute approximate surface area is 94.6 Å². The Morgan fingerprint density at radius 1 is 1.56 bits per heavy atom. The average Bonchev–Trinajstić information content (AvgIpc) is 2.70. The van der Waals surface area contributed by atoms with E-state index >= 15 is 0 Å². The van der Waals surface area contributed by atoms with Gasteiger partial charge in [0.15, 0.2) is 0 Å². The zero-order chi connectivity index (χ0) is 12.0. The van der Waals surface area contributed by atoms with Crippen LogP contribution in [0, 0.1) is 5.92 Å². The van der Waals surface area contributed by atoms with Crippen molar-refractivity contribution < 1.29 is 14.7 Å². The molecule has 6 nitrogen and oxygen atoms in total. The summed E-state index contributed by atoms with van der Waals surface area (Å²) in [5, 5.41) is 14.4. The molecule has 0 aromatic carbocycles. The van der Waals surface area contributed by atoms with E-state index in [1.54, 1.807) is 0 Å². The van der Waals surface area contributed by atoms with Gasteiger partial charge in [-0.25, -0.2) is 0 Å². The molecular weight excluding hydrogens is 210 g/mol. The molecule has 6 heteroatoms. The smallest absolute Gasteiger partial charge is 0.320 e. The molecule has 1 unspecified atom stereocenters. The number of amides is 1. The standard InChI is InChI=1S/C10H19N3O3/c11-8(10(15)16)2-4-13-9(14)5-7-1-3-12-6-7/h7-8,12H,1-6,11H2,(H,13,14)(H,15,16)/t7?,8-/m0/s1. The summed E-state index contributed by atoms with van der Waals surface area (Å²) >= 11 is 0. The second-order valence-electron chi connectivity index (χ2n) is 4.15. The highest BCUT2D eigenvalue weighted by molar-refractivity contribution is 5.76. The Balaban J connectivity index is 2.08. The first-order chi connectivity index (χ1) is 7.59. The maximum Gasteiger partial charge on any atom is 0.320 e. The number of nitrogens with two attached hydrogens (primary N) is 1. The highest BCUT2D eigenvalue weighted by atomic mass is 16.4. The molecule has 16 heavy (non-hydrogen) atoms. The van der Waals surface area contributed by atoms with Crippen molar-refractivity contribution in [3.8, 4) is 0 Å². The van der Waals surface area contributed by atoms with Crippen molar-refractivity contribution in [2.45, 2.75) is 25.3 Å². The third-order valence-electron chi connectivity index (χ3n) is 2.73. The third-order valence-corrected chi connectivity index (χ3v) is 2.73. The SMILES string of the molecule is N[C@@H](CCNC(=O)CC1CCNC1)C(=O)O. The molecule has 0 bridgehead atoms. The van der Waals surface area contributed by atoms with Gasteiger partial charge in [0.05, 0.1) is 0 Å². The molecule has 1 aliphatic rings. The predicted octanol–water partition coefficient (Wildman–Crippen LogP) is -1.10. The minimum atomic E-state index is -1.03. The van der Waals surface area contributed by atoms with E-state index in [0.29, 0.717) is 18.9 Å². The summed E-state index contributed by atoms with van der Waals surface area (Å²) in [6.45, 7) is 2.19. The van der Waals surface area contributed by atoms with Crippen LogP contribution in [0.3, 0.4) is 0 Å². The number of aliphatic carboxylic acids is 1. The summed E-state index contributed by atoms with van der Waals surface area (Å²) in [4.78, 5) is 21.8.